The molecule has 124 valence electrons. The number of ether oxygens (including phenoxy) is 1. The van der Waals surface area contributed by atoms with E-state index in [-0.39, 0.29) is 5.63 Å². The highest BCUT2D eigenvalue weighted by atomic mass is 16.5. The Morgan fingerprint density at radius 1 is 1.04 bits per heavy atom. The van der Waals surface area contributed by atoms with Crippen molar-refractivity contribution in [3.8, 4) is 17.1 Å². The van der Waals surface area contributed by atoms with Crippen LogP contribution in [-0.4, -0.2) is 16.2 Å². The van der Waals surface area contributed by atoms with Gasteiger partial charge in [0.25, 0.3) is 0 Å². The second-order valence-corrected chi connectivity index (χ2v) is 5.61. The van der Waals surface area contributed by atoms with E-state index < -0.39 is 0 Å². The number of rotatable bonds is 5. The van der Waals surface area contributed by atoms with Gasteiger partial charge in [0, 0.05) is 35.5 Å². The minimum atomic E-state index is -0.365. The third-order valence-corrected chi connectivity index (χ3v) is 3.94. The second-order valence-electron chi connectivity index (χ2n) is 5.61. The van der Waals surface area contributed by atoms with Crippen LogP contribution >= 0.6 is 0 Å². The van der Waals surface area contributed by atoms with E-state index in [0.717, 1.165) is 16.8 Å². The molecule has 2 heterocycles. The largest absolute Gasteiger partial charge is 0.492 e. The van der Waals surface area contributed by atoms with Crippen LogP contribution in [0.2, 0.25) is 0 Å². The number of hydrogen-bond donors (Lipinski definition) is 0. The summed E-state index contributed by atoms with van der Waals surface area (Å²) in [4.78, 5) is 15.7. The quantitative estimate of drug-likeness (QED) is 0.523. The first kappa shape index (κ1) is 15.2. The third kappa shape index (κ3) is 3.30. The van der Waals surface area contributed by atoms with Crippen LogP contribution in [0.5, 0.6) is 5.75 Å². The molecule has 0 radical (unpaired) electrons. The normalized spacial score (nSPS) is 10.9. The van der Waals surface area contributed by atoms with E-state index in [0.29, 0.717) is 24.5 Å². The van der Waals surface area contributed by atoms with E-state index in [2.05, 4.69) is 9.55 Å². The van der Waals surface area contributed by atoms with Crippen molar-refractivity contribution >= 4 is 11.0 Å². The van der Waals surface area contributed by atoms with Crippen LogP contribution in [0.15, 0.2) is 82.3 Å². The molecule has 0 spiro atoms. The summed E-state index contributed by atoms with van der Waals surface area (Å²) in [6.07, 6.45) is 3.72. The van der Waals surface area contributed by atoms with Gasteiger partial charge in [-0.3, -0.25) is 0 Å². The van der Waals surface area contributed by atoms with Gasteiger partial charge in [-0.15, -0.1) is 0 Å². The maximum atomic E-state index is 11.3. The summed E-state index contributed by atoms with van der Waals surface area (Å²) in [6.45, 7) is 1.15. The van der Waals surface area contributed by atoms with Crippen molar-refractivity contribution in [3.63, 3.8) is 0 Å². The number of benzene rings is 2. The Balaban J connectivity index is 1.47. The lowest BCUT2D eigenvalue weighted by atomic mass is 10.2. The molecule has 0 bridgehead atoms. The van der Waals surface area contributed by atoms with Gasteiger partial charge in [-0.1, -0.05) is 30.3 Å². The Bertz CT molecular complexity index is 1050. The fourth-order valence-electron chi connectivity index (χ4n) is 2.73. The van der Waals surface area contributed by atoms with E-state index in [4.69, 9.17) is 9.15 Å². The van der Waals surface area contributed by atoms with Crippen molar-refractivity contribution in [2.45, 2.75) is 6.54 Å². The fourth-order valence-corrected chi connectivity index (χ4v) is 2.73. The van der Waals surface area contributed by atoms with Crippen LogP contribution in [0, 0.1) is 0 Å². The molecular weight excluding hydrogens is 316 g/mol. The molecule has 0 aliphatic rings. The molecule has 0 aliphatic carbocycles. The summed E-state index contributed by atoms with van der Waals surface area (Å²) in [5.41, 5.74) is 1.23. The SMILES string of the molecule is O=c1ccc2ccc(OCCn3ccnc3-c3ccccc3)cc2o1. The van der Waals surface area contributed by atoms with Gasteiger partial charge in [-0.05, 0) is 18.2 Å². The van der Waals surface area contributed by atoms with Crippen LogP contribution in [0.3, 0.4) is 0 Å². The highest BCUT2D eigenvalue weighted by Gasteiger charge is 2.06. The summed E-state index contributed by atoms with van der Waals surface area (Å²) in [5.74, 6) is 1.58. The summed E-state index contributed by atoms with van der Waals surface area (Å²) in [7, 11) is 0. The molecular formula is C20H16N2O3. The smallest absolute Gasteiger partial charge is 0.336 e. The average molecular weight is 332 g/mol. The lowest BCUT2D eigenvalue weighted by Crippen LogP contribution is -2.08. The molecule has 5 heteroatoms. The Morgan fingerprint density at radius 2 is 1.88 bits per heavy atom. The topological polar surface area (TPSA) is 57.3 Å². The van der Waals surface area contributed by atoms with Crippen LogP contribution in [0.1, 0.15) is 0 Å². The van der Waals surface area contributed by atoms with Crippen molar-refractivity contribution in [1.29, 1.82) is 0 Å². The van der Waals surface area contributed by atoms with Gasteiger partial charge in [0.1, 0.15) is 23.8 Å². The van der Waals surface area contributed by atoms with Crippen molar-refractivity contribution in [3.05, 3.63) is 83.5 Å². The first-order chi connectivity index (χ1) is 12.3. The lowest BCUT2D eigenvalue weighted by Gasteiger charge is -2.10. The molecule has 2 aromatic heterocycles. The Morgan fingerprint density at radius 3 is 2.76 bits per heavy atom. The summed E-state index contributed by atoms with van der Waals surface area (Å²) < 4.78 is 13.0. The number of nitrogens with zero attached hydrogens (tertiary/aromatic N) is 2. The first-order valence-electron chi connectivity index (χ1n) is 8.03. The van der Waals surface area contributed by atoms with Crippen LogP contribution in [0.4, 0.5) is 0 Å². The molecule has 4 aromatic rings. The number of hydrogen-bond acceptors (Lipinski definition) is 4. The van der Waals surface area contributed by atoms with Crippen molar-refractivity contribution in [2.24, 2.45) is 0 Å². The highest BCUT2D eigenvalue weighted by Crippen LogP contribution is 2.20. The zero-order valence-corrected chi connectivity index (χ0v) is 13.5. The van der Waals surface area contributed by atoms with Crippen LogP contribution in [-0.2, 0) is 6.54 Å². The van der Waals surface area contributed by atoms with Gasteiger partial charge >= 0.3 is 5.63 Å². The minimum Gasteiger partial charge on any atom is -0.492 e. The first-order valence-corrected chi connectivity index (χ1v) is 8.03. The Kier molecular flexibility index (Phi) is 4.04. The van der Waals surface area contributed by atoms with E-state index in [1.807, 2.05) is 48.7 Å². The number of aromatic nitrogens is 2. The van der Waals surface area contributed by atoms with Gasteiger partial charge in [0.05, 0.1) is 6.54 Å². The summed E-state index contributed by atoms with van der Waals surface area (Å²) in [5, 5.41) is 0.868. The summed E-state index contributed by atoms with van der Waals surface area (Å²) >= 11 is 0. The van der Waals surface area contributed by atoms with E-state index in [1.165, 1.54) is 6.07 Å². The molecule has 0 atom stereocenters. The van der Waals surface area contributed by atoms with E-state index in [1.54, 1.807) is 18.3 Å². The Labute approximate surface area is 144 Å². The van der Waals surface area contributed by atoms with Gasteiger partial charge < -0.3 is 13.7 Å². The van der Waals surface area contributed by atoms with E-state index in [9.17, 15) is 4.79 Å². The van der Waals surface area contributed by atoms with Crippen LogP contribution in [0.25, 0.3) is 22.4 Å². The standard InChI is InChI=1S/C20H16N2O3/c23-19-9-7-15-6-8-17(14-18(15)25-19)24-13-12-22-11-10-21-20(22)16-4-2-1-3-5-16/h1-11,14H,12-13H2. The second kappa shape index (κ2) is 6.65. The Hall–Kier alpha value is -3.34. The molecule has 0 aliphatic heterocycles. The predicted molar refractivity (Wildman–Crippen MR) is 95.6 cm³/mol. The zero-order valence-electron chi connectivity index (χ0n) is 13.5. The van der Waals surface area contributed by atoms with Crippen LogP contribution < -0.4 is 10.4 Å². The molecule has 0 saturated carbocycles. The molecule has 5 nitrogen and oxygen atoms in total. The fraction of sp³-hybridized carbons (Fsp3) is 0.100. The van der Waals surface area contributed by atoms with Crippen molar-refractivity contribution in [2.75, 3.05) is 6.61 Å². The maximum absolute atomic E-state index is 11.3. The van der Waals surface area contributed by atoms with Gasteiger partial charge in [-0.25, -0.2) is 9.78 Å². The molecule has 0 amide bonds. The maximum Gasteiger partial charge on any atom is 0.336 e. The van der Waals surface area contributed by atoms with Gasteiger partial charge in [-0.2, -0.15) is 0 Å². The van der Waals surface area contributed by atoms with Crippen molar-refractivity contribution in [1.82, 2.24) is 9.55 Å². The number of fused-ring (bicyclic) bond motifs is 1. The number of imidazole rings is 1. The van der Waals surface area contributed by atoms with E-state index >= 15 is 0 Å². The van der Waals surface area contributed by atoms with Gasteiger partial charge in [0.15, 0.2) is 0 Å². The highest BCUT2D eigenvalue weighted by molar-refractivity contribution is 5.77. The van der Waals surface area contributed by atoms with Gasteiger partial charge in [0.2, 0.25) is 0 Å². The minimum absolute atomic E-state index is 0.365. The molecule has 0 unspecified atom stereocenters. The molecule has 4 rings (SSSR count). The zero-order chi connectivity index (χ0) is 17.1. The lowest BCUT2D eigenvalue weighted by molar-refractivity contribution is 0.299. The molecule has 0 saturated heterocycles. The molecule has 2 aromatic carbocycles. The molecule has 25 heavy (non-hydrogen) atoms. The molecule has 0 N–H and O–H groups in total. The predicted octanol–water partition coefficient (Wildman–Crippen LogP) is 3.74. The third-order valence-electron chi connectivity index (χ3n) is 3.94. The monoisotopic (exact) mass is 332 g/mol. The summed E-state index contributed by atoms with van der Waals surface area (Å²) in [6, 6.07) is 18.7. The van der Waals surface area contributed by atoms with Crippen molar-refractivity contribution < 1.29 is 9.15 Å². The average Bonchev–Trinajstić information content (AvgIpc) is 3.11. The molecule has 0 fully saturated rings.